The lowest BCUT2D eigenvalue weighted by atomic mass is 9.70. The van der Waals surface area contributed by atoms with Gasteiger partial charge in [-0.2, -0.15) is 0 Å². The molecular weight excluding hydrogens is 751 g/mol. The lowest BCUT2D eigenvalue weighted by Gasteiger charge is -2.37. The molecule has 62 heavy (non-hydrogen) atoms. The van der Waals surface area contributed by atoms with E-state index in [0.717, 1.165) is 32.1 Å². The molecule has 4 aliphatic carbocycles. The minimum absolute atomic E-state index is 0.133. The topological polar surface area (TPSA) is 51.2 Å². The first-order valence-corrected chi connectivity index (χ1v) is 22.7. The van der Waals surface area contributed by atoms with Gasteiger partial charge in [0.05, 0.1) is 17.6 Å². The van der Waals surface area contributed by atoms with Crippen LogP contribution in [0.5, 0.6) is 0 Å². The molecule has 0 spiro atoms. The first kappa shape index (κ1) is 37.3. The molecule has 0 saturated carbocycles. The number of nitrogens with two attached hydrogens (primary N) is 1. The molecule has 1 fully saturated rings. The first-order valence-electron chi connectivity index (χ1n) is 22.7. The molecule has 6 aromatic carbocycles. The van der Waals surface area contributed by atoms with E-state index in [4.69, 9.17) is 5.73 Å². The third-order valence-electron chi connectivity index (χ3n) is 14.6. The van der Waals surface area contributed by atoms with E-state index in [1.165, 1.54) is 83.4 Å². The quantitative estimate of drug-likeness (QED) is 0.151. The van der Waals surface area contributed by atoms with Gasteiger partial charge in [-0.3, -0.25) is 5.32 Å². The number of nitrogens with zero attached hydrogens (tertiary/aromatic N) is 1. The van der Waals surface area contributed by atoms with E-state index in [2.05, 4.69) is 210 Å². The molecule has 0 radical (unpaired) electrons. The Bertz CT molecular complexity index is 2960. The zero-order valence-corrected chi connectivity index (χ0v) is 35.0. The van der Waals surface area contributed by atoms with Crippen molar-refractivity contribution in [1.29, 1.82) is 0 Å². The summed E-state index contributed by atoms with van der Waals surface area (Å²) in [6.45, 7) is 0. The summed E-state index contributed by atoms with van der Waals surface area (Å²) in [7, 11) is 0. The van der Waals surface area contributed by atoms with Crippen LogP contribution < -0.4 is 16.0 Å². The van der Waals surface area contributed by atoms with Crippen molar-refractivity contribution in [3.63, 3.8) is 0 Å². The van der Waals surface area contributed by atoms with Gasteiger partial charge in [-0.25, -0.2) is 0 Å². The average Bonchev–Trinajstić information content (AvgIpc) is 4.02. The van der Waals surface area contributed by atoms with Crippen LogP contribution in [-0.2, 0) is 5.54 Å². The number of fused-ring (bicyclic) bond motifs is 5. The molecule has 2 heterocycles. The van der Waals surface area contributed by atoms with Crippen molar-refractivity contribution >= 4 is 33.3 Å². The minimum Gasteiger partial charge on any atom is -0.333 e. The summed E-state index contributed by atoms with van der Waals surface area (Å²) in [4.78, 5) is 2.58. The van der Waals surface area contributed by atoms with Crippen molar-refractivity contribution in [3.8, 4) is 0 Å². The van der Waals surface area contributed by atoms with Gasteiger partial charge in [0.15, 0.2) is 0 Å². The SMILES string of the molecule is N[C@H](C1C=C2CCC=CC2=C(C2=CC3c4ccccc4N(c4cccc(C5=CCCC(c6ccccc6)=C5)c4)C3C=C2)C1)C1(c2cccc3ccccc23)NC1c1ccccc1. The van der Waals surface area contributed by atoms with Crippen LogP contribution >= 0.6 is 0 Å². The summed E-state index contributed by atoms with van der Waals surface area (Å²) < 4.78 is 0. The Morgan fingerprint density at radius 1 is 0.677 bits per heavy atom. The van der Waals surface area contributed by atoms with Crippen molar-refractivity contribution in [3.05, 3.63) is 250 Å². The maximum atomic E-state index is 7.79. The predicted molar refractivity (Wildman–Crippen MR) is 258 cm³/mol. The Morgan fingerprint density at radius 2 is 1.44 bits per heavy atom. The molecule has 3 nitrogen and oxygen atoms in total. The molecule has 6 aromatic rings. The average molecular weight is 802 g/mol. The van der Waals surface area contributed by atoms with Gasteiger partial charge in [-0.15, -0.1) is 0 Å². The molecule has 3 N–H and O–H groups in total. The van der Waals surface area contributed by atoms with Crippen LogP contribution in [-0.4, -0.2) is 12.1 Å². The molecule has 302 valence electrons. The largest absolute Gasteiger partial charge is 0.333 e. The van der Waals surface area contributed by atoms with Crippen LogP contribution in [0.15, 0.2) is 223 Å². The molecule has 6 atom stereocenters. The maximum absolute atomic E-state index is 7.79. The summed E-state index contributed by atoms with van der Waals surface area (Å²) >= 11 is 0. The van der Waals surface area contributed by atoms with E-state index >= 15 is 0 Å². The van der Waals surface area contributed by atoms with Gasteiger partial charge in [0.25, 0.3) is 0 Å². The third-order valence-corrected chi connectivity index (χ3v) is 14.6. The fraction of sp³-hybridized carbons (Fsp3) is 0.186. The lowest BCUT2D eigenvalue weighted by Crippen LogP contribution is -2.45. The fourth-order valence-electron chi connectivity index (χ4n) is 11.6. The van der Waals surface area contributed by atoms with Crippen LogP contribution in [0.3, 0.4) is 0 Å². The highest BCUT2D eigenvalue weighted by molar-refractivity contribution is 5.89. The molecule has 6 aliphatic rings. The number of benzene rings is 6. The van der Waals surface area contributed by atoms with Crippen LogP contribution in [0, 0.1) is 5.92 Å². The van der Waals surface area contributed by atoms with E-state index in [1.54, 1.807) is 0 Å². The van der Waals surface area contributed by atoms with Crippen LogP contribution in [0.1, 0.15) is 71.9 Å². The zero-order chi connectivity index (χ0) is 41.2. The maximum Gasteiger partial charge on any atom is 0.0803 e. The number of para-hydroxylation sites is 1. The fourth-order valence-corrected chi connectivity index (χ4v) is 11.6. The number of anilines is 2. The standard InChI is InChI=1S/C59H51N3/c60-57(59(58(61-59)41-19-5-2-6-20-41)54-30-15-22-40-18-7-10-28-50(40)54)47-35-45-21-8-9-27-49(45)52(38-47)46-32-33-56-53(37-46)51-29-11-12-31-55(51)62(56)48-26-14-25-44(36-48)43-24-13-23-42(34-43)39-16-3-1-4-17-39/h1-7,9-12,14-20,22,24-37,47,53,56-58,61H,8,13,21,23,38,60H2/t47?,53?,56?,57-,58?,59?/m1/s1. The van der Waals surface area contributed by atoms with Crippen LogP contribution in [0.2, 0.25) is 0 Å². The Balaban J connectivity index is 0.890. The summed E-state index contributed by atoms with van der Waals surface area (Å²) in [5.74, 6) is 0.383. The van der Waals surface area contributed by atoms with E-state index in [0.29, 0.717) is 0 Å². The number of rotatable bonds is 8. The Kier molecular flexibility index (Phi) is 9.09. The van der Waals surface area contributed by atoms with Gasteiger partial charge in [0.1, 0.15) is 0 Å². The first-order chi connectivity index (χ1) is 30.6. The summed E-state index contributed by atoms with van der Waals surface area (Å²) in [5.41, 5.74) is 24.8. The molecule has 3 heteroatoms. The van der Waals surface area contributed by atoms with Gasteiger partial charge in [0, 0.05) is 23.3 Å². The zero-order valence-electron chi connectivity index (χ0n) is 35.0. The van der Waals surface area contributed by atoms with Crippen molar-refractivity contribution < 1.29 is 0 Å². The monoisotopic (exact) mass is 801 g/mol. The second kappa shape index (κ2) is 15.1. The molecular formula is C59H51N3. The van der Waals surface area contributed by atoms with Gasteiger partial charge in [0.2, 0.25) is 0 Å². The lowest BCUT2D eigenvalue weighted by molar-refractivity contribution is 0.388. The molecule has 0 amide bonds. The highest BCUT2D eigenvalue weighted by Gasteiger charge is 2.61. The molecule has 2 aliphatic heterocycles. The highest BCUT2D eigenvalue weighted by Crippen LogP contribution is 2.56. The number of nitrogens with one attached hydrogen (secondary N) is 1. The molecule has 5 unspecified atom stereocenters. The third kappa shape index (κ3) is 6.17. The van der Waals surface area contributed by atoms with Crippen LogP contribution in [0.25, 0.3) is 21.9 Å². The van der Waals surface area contributed by atoms with Gasteiger partial charge < -0.3 is 10.6 Å². The van der Waals surface area contributed by atoms with E-state index in [9.17, 15) is 0 Å². The molecule has 0 bridgehead atoms. The van der Waals surface area contributed by atoms with Crippen molar-refractivity contribution in [2.45, 2.75) is 61.7 Å². The summed E-state index contributed by atoms with van der Waals surface area (Å²) in [6, 6.07) is 55.8. The second-order valence-corrected chi connectivity index (χ2v) is 18.0. The minimum atomic E-state index is -0.398. The molecule has 1 saturated heterocycles. The van der Waals surface area contributed by atoms with Gasteiger partial charge >= 0.3 is 0 Å². The normalized spacial score (nSPS) is 25.3. The molecule has 0 aromatic heterocycles. The van der Waals surface area contributed by atoms with Crippen LogP contribution in [0.4, 0.5) is 11.4 Å². The summed E-state index contributed by atoms with van der Waals surface area (Å²) in [6.07, 6.45) is 24.8. The smallest absolute Gasteiger partial charge is 0.0803 e. The van der Waals surface area contributed by atoms with E-state index < -0.39 is 5.54 Å². The predicted octanol–water partition coefficient (Wildman–Crippen LogP) is 13.4. The molecule has 12 rings (SSSR count). The van der Waals surface area contributed by atoms with Crippen molar-refractivity contribution in [2.24, 2.45) is 11.7 Å². The van der Waals surface area contributed by atoms with Crippen molar-refractivity contribution in [1.82, 2.24) is 5.32 Å². The van der Waals surface area contributed by atoms with Gasteiger partial charge in [-0.1, -0.05) is 182 Å². The second-order valence-electron chi connectivity index (χ2n) is 18.0. The van der Waals surface area contributed by atoms with Gasteiger partial charge in [-0.05, 0) is 128 Å². The highest BCUT2D eigenvalue weighted by atomic mass is 15.3. The Labute approximate surface area is 365 Å². The number of hydrogen-bond acceptors (Lipinski definition) is 3. The number of hydrogen-bond donors (Lipinski definition) is 2. The Hall–Kier alpha value is -6.52. The van der Waals surface area contributed by atoms with Crippen molar-refractivity contribution in [2.75, 3.05) is 4.90 Å². The van der Waals surface area contributed by atoms with E-state index in [-0.39, 0.29) is 30.0 Å². The Morgan fingerprint density at radius 3 is 2.34 bits per heavy atom. The number of allylic oxidation sites excluding steroid dienone is 11. The van der Waals surface area contributed by atoms with E-state index in [1.807, 2.05) is 0 Å². The summed E-state index contributed by atoms with van der Waals surface area (Å²) in [5, 5.41) is 6.57.